The molecular weight excluding hydrogens is 426 g/mol. The standard InChI is InChI=1S/C16H10Cl2F3N3O2S/c1-24(15-22-5-6-27-15)14(26)9-11(13(17)18)23-10-7(12(9)25)3-2-4-8(10)16(19,20)21/h2-6,13H,1H3,(H,23,25). The first-order chi connectivity index (χ1) is 12.6. The lowest BCUT2D eigenvalue weighted by atomic mass is 10.0. The number of fused-ring (bicyclic) bond motifs is 1. The molecule has 0 radical (unpaired) electrons. The number of nitrogens with zero attached hydrogens (tertiary/aromatic N) is 3. The van der Waals surface area contributed by atoms with Gasteiger partial charge in [-0.15, -0.1) is 11.3 Å². The van der Waals surface area contributed by atoms with Crippen LogP contribution < -0.4 is 4.90 Å². The van der Waals surface area contributed by atoms with Gasteiger partial charge in [-0.2, -0.15) is 13.2 Å². The Morgan fingerprint density at radius 1 is 1.33 bits per heavy atom. The van der Waals surface area contributed by atoms with Crippen molar-refractivity contribution in [1.29, 1.82) is 0 Å². The average molecular weight is 436 g/mol. The Balaban J connectivity index is 2.28. The first-order valence-corrected chi connectivity index (χ1v) is 9.06. The number of anilines is 1. The van der Waals surface area contributed by atoms with E-state index in [1.54, 1.807) is 5.38 Å². The summed E-state index contributed by atoms with van der Waals surface area (Å²) in [5, 5.41) is 12.3. The number of hydrogen-bond acceptors (Lipinski definition) is 5. The lowest BCUT2D eigenvalue weighted by Crippen LogP contribution is -2.27. The molecule has 1 amide bonds. The minimum atomic E-state index is -4.71. The number of aromatic hydroxyl groups is 1. The van der Waals surface area contributed by atoms with Crippen LogP contribution >= 0.6 is 34.5 Å². The van der Waals surface area contributed by atoms with Gasteiger partial charge < -0.3 is 5.11 Å². The Kier molecular flexibility index (Phi) is 5.20. The first-order valence-electron chi connectivity index (χ1n) is 7.31. The van der Waals surface area contributed by atoms with Crippen LogP contribution in [0, 0.1) is 0 Å². The van der Waals surface area contributed by atoms with Crippen LogP contribution in [0.1, 0.15) is 26.5 Å². The molecule has 3 rings (SSSR count). The number of para-hydroxylation sites is 1. The summed E-state index contributed by atoms with van der Waals surface area (Å²) in [5.74, 6) is -1.43. The summed E-state index contributed by atoms with van der Waals surface area (Å²) in [7, 11) is 1.40. The quantitative estimate of drug-likeness (QED) is 0.576. The molecule has 0 saturated heterocycles. The Hall–Kier alpha value is -2.10. The lowest BCUT2D eigenvalue weighted by Gasteiger charge is -2.19. The maximum atomic E-state index is 13.3. The molecule has 0 fully saturated rings. The van der Waals surface area contributed by atoms with Gasteiger partial charge in [0.05, 0.1) is 16.8 Å². The van der Waals surface area contributed by atoms with Gasteiger partial charge in [0.25, 0.3) is 5.91 Å². The molecule has 1 aromatic carbocycles. The van der Waals surface area contributed by atoms with Crippen LogP contribution in [-0.4, -0.2) is 28.0 Å². The fourth-order valence-electron chi connectivity index (χ4n) is 2.52. The highest BCUT2D eigenvalue weighted by Gasteiger charge is 2.36. The zero-order valence-electron chi connectivity index (χ0n) is 13.5. The van der Waals surface area contributed by atoms with Crippen molar-refractivity contribution in [1.82, 2.24) is 9.97 Å². The summed E-state index contributed by atoms with van der Waals surface area (Å²) < 4.78 is 39.9. The van der Waals surface area contributed by atoms with E-state index < -0.39 is 33.7 Å². The molecule has 2 aromatic heterocycles. The Morgan fingerprint density at radius 3 is 2.59 bits per heavy atom. The Bertz CT molecular complexity index is 1010. The van der Waals surface area contributed by atoms with Crippen LogP contribution in [0.3, 0.4) is 0 Å². The van der Waals surface area contributed by atoms with Gasteiger partial charge in [-0.05, 0) is 12.1 Å². The van der Waals surface area contributed by atoms with Crippen LogP contribution in [0.15, 0.2) is 29.8 Å². The van der Waals surface area contributed by atoms with Gasteiger partial charge in [0.1, 0.15) is 11.3 Å². The largest absolute Gasteiger partial charge is 0.506 e. The van der Waals surface area contributed by atoms with Crippen LogP contribution in [0.5, 0.6) is 5.75 Å². The third-order valence-electron chi connectivity index (χ3n) is 3.75. The minimum absolute atomic E-state index is 0.238. The van der Waals surface area contributed by atoms with Crippen LogP contribution in [-0.2, 0) is 6.18 Å². The second-order valence-corrected chi connectivity index (χ2v) is 7.37. The van der Waals surface area contributed by atoms with E-state index in [4.69, 9.17) is 23.2 Å². The molecule has 5 nitrogen and oxygen atoms in total. The van der Waals surface area contributed by atoms with Crippen molar-refractivity contribution >= 4 is 56.5 Å². The Morgan fingerprint density at radius 2 is 2.04 bits per heavy atom. The molecule has 3 aromatic rings. The van der Waals surface area contributed by atoms with Gasteiger partial charge in [-0.3, -0.25) is 9.69 Å². The molecule has 11 heteroatoms. The SMILES string of the molecule is CN(C(=O)c1c(C(Cl)Cl)nc2c(C(F)(F)F)cccc2c1O)c1nccs1. The van der Waals surface area contributed by atoms with Gasteiger partial charge in [0, 0.05) is 24.0 Å². The molecule has 27 heavy (non-hydrogen) atoms. The van der Waals surface area contributed by atoms with E-state index >= 15 is 0 Å². The smallest absolute Gasteiger partial charge is 0.418 e. The predicted molar refractivity (Wildman–Crippen MR) is 97.7 cm³/mol. The number of pyridine rings is 1. The van der Waals surface area contributed by atoms with E-state index in [9.17, 15) is 23.1 Å². The zero-order valence-corrected chi connectivity index (χ0v) is 15.8. The molecule has 2 heterocycles. The molecular formula is C16H10Cl2F3N3O2S. The minimum Gasteiger partial charge on any atom is -0.506 e. The number of halogens is 5. The molecule has 142 valence electrons. The highest BCUT2D eigenvalue weighted by atomic mass is 35.5. The van der Waals surface area contributed by atoms with Gasteiger partial charge in [-0.1, -0.05) is 29.3 Å². The van der Waals surface area contributed by atoms with Gasteiger partial charge in [0.15, 0.2) is 9.97 Å². The second-order valence-electron chi connectivity index (χ2n) is 5.40. The monoisotopic (exact) mass is 435 g/mol. The van der Waals surface area contributed by atoms with Crippen molar-refractivity contribution in [2.45, 2.75) is 11.0 Å². The maximum Gasteiger partial charge on any atom is 0.418 e. The molecule has 0 spiro atoms. The van der Waals surface area contributed by atoms with E-state index in [0.29, 0.717) is 5.13 Å². The van der Waals surface area contributed by atoms with E-state index in [2.05, 4.69) is 9.97 Å². The molecule has 0 atom stereocenters. The van der Waals surface area contributed by atoms with E-state index in [1.165, 1.54) is 19.3 Å². The summed E-state index contributed by atoms with van der Waals surface area (Å²) in [5.41, 5.74) is -2.36. The Labute approximate surface area is 165 Å². The summed E-state index contributed by atoms with van der Waals surface area (Å²) in [4.78, 5) is 20.4. The number of alkyl halides is 5. The molecule has 0 aliphatic rings. The van der Waals surface area contributed by atoms with Crippen LogP contribution in [0.4, 0.5) is 18.3 Å². The van der Waals surface area contributed by atoms with Crippen LogP contribution in [0.25, 0.3) is 10.9 Å². The molecule has 0 bridgehead atoms. The maximum absolute atomic E-state index is 13.3. The number of amides is 1. The molecule has 0 saturated carbocycles. The summed E-state index contributed by atoms with van der Waals surface area (Å²) in [6.45, 7) is 0. The van der Waals surface area contributed by atoms with Gasteiger partial charge in [0.2, 0.25) is 0 Å². The van der Waals surface area contributed by atoms with E-state index in [1.807, 2.05) is 0 Å². The van der Waals surface area contributed by atoms with Crippen molar-refractivity contribution in [2.75, 3.05) is 11.9 Å². The van der Waals surface area contributed by atoms with Crippen molar-refractivity contribution in [3.05, 3.63) is 46.6 Å². The van der Waals surface area contributed by atoms with Crippen molar-refractivity contribution in [3.8, 4) is 5.75 Å². The van der Waals surface area contributed by atoms with E-state index in [0.717, 1.165) is 28.4 Å². The summed E-state index contributed by atoms with van der Waals surface area (Å²) in [6, 6.07) is 3.16. The third-order valence-corrected chi connectivity index (χ3v) is 5.01. The second kappa shape index (κ2) is 7.14. The van der Waals surface area contributed by atoms with Gasteiger partial charge in [-0.25, -0.2) is 9.97 Å². The summed E-state index contributed by atoms with van der Waals surface area (Å²) >= 11 is 12.9. The van der Waals surface area contributed by atoms with Gasteiger partial charge >= 0.3 is 6.18 Å². The van der Waals surface area contributed by atoms with Crippen molar-refractivity contribution in [2.24, 2.45) is 0 Å². The number of thiazole rings is 1. The first kappa shape index (κ1) is 19.7. The highest BCUT2D eigenvalue weighted by molar-refractivity contribution is 7.13. The third kappa shape index (κ3) is 3.54. The zero-order chi connectivity index (χ0) is 19.9. The van der Waals surface area contributed by atoms with Crippen LogP contribution in [0.2, 0.25) is 0 Å². The molecule has 1 N–H and O–H groups in total. The van der Waals surface area contributed by atoms with Crippen molar-refractivity contribution in [3.63, 3.8) is 0 Å². The predicted octanol–water partition coefficient (Wildman–Crippen LogP) is 5.17. The lowest BCUT2D eigenvalue weighted by molar-refractivity contribution is -0.136. The molecule has 0 aliphatic carbocycles. The normalized spacial score (nSPS) is 12.0. The molecule has 0 aliphatic heterocycles. The summed E-state index contributed by atoms with van der Waals surface area (Å²) in [6.07, 6.45) is -3.24. The number of hydrogen-bond donors (Lipinski definition) is 1. The number of carbonyl (C=O) groups excluding carboxylic acids is 1. The van der Waals surface area contributed by atoms with E-state index in [-0.39, 0.29) is 16.6 Å². The number of aromatic nitrogens is 2. The number of carbonyl (C=O) groups is 1. The number of benzene rings is 1. The fraction of sp³-hybridized carbons (Fsp3) is 0.188. The number of rotatable bonds is 3. The highest BCUT2D eigenvalue weighted by Crippen LogP contribution is 2.41. The molecule has 0 unspecified atom stereocenters. The average Bonchev–Trinajstić information content (AvgIpc) is 3.13. The van der Waals surface area contributed by atoms with Crippen molar-refractivity contribution < 1.29 is 23.1 Å². The fourth-order valence-corrected chi connectivity index (χ4v) is 3.44. The topological polar surface area (TPSA) is 66.3 Å².